The van der Waals surface area contributed by atoms with Crippen molar-refractivity contribution in [3.8, 4) is 0 Å². The van der Waals surface area contributed by atoms with Crippen molar-refractivity contribution in [3.63, 3.8) is 0 Å². The van der Waals surface area contributed by atoms with Crippen molar-refractivity contribution in [1.82, 2.24) is 4.90 Å². The van der Waals surface area contributed by atoms with Gasteiger partial charge < -0.3 is 15.1 Å². The molecule has 1 N–H and O–H groups in total. The summed E-state index contributed by atoms with van der Waals surface area (Å²) in [5.41, 5.74) is 3.17. The molecular weight excluding hydrogens is 442 g/mol. The molecule has 3 aromatic rings. The maximum Gasteiger partial charge on any atom is 0.255 e. The van der Waals surface area contributed by atoms with E-state index in [9.17, 15) is 9.59 Å². The molecule has 0 aliphatic carbocycles. The maximum absolute atomic E-state index is 12.6. The lowest BCUT2D eigenvalue weighted by Gasteiger charge is -2.36. The SMILES string of the molecule is O=C(Nc1ccc(N2CCN(C(=O)c3ccccc3)CC2)cc1)c1cccc(Br)c1. The van der Waals surface area contributed by atoms with E-state index in [1.165, 1.54) is 0 Å². The predicted octanol–water partition coefficient (Wildman–Crippen LogP) is 4.66. The minimum absolute atomic E-state index is 0.0841. The van der Waals surface area contributed by atoms with Gasteiger partial charge in [0.25, 0.3) is 11.8 Å². The monoisotopic (exact) mass is 463 g/mol. The zero-order valence-electron chi connectivity index (χ0n) is 16.4. The average Bonchev–Trinajstić information content (AvgIpc) is 2.80. The summed E-state index contributed by atoms with van der Waals surface area (Å²) in [4.78, 5) is 29.1. The van der Waals surface area contributed by atoms with Crippen LogP contribution < -0.4 is 10.2 Å². The van der Waals surface area contributed by atoms with Crippen molar-refractivity contribution in [2.45, 2.75) is 0 Å². The Hall–Kier alpha value is -3.12. The Labute approximate surface area is 184 Å². The zero-order chi connectivity index (χ0) is 20.9. The van der Waals surface area contributed by atoms with E-state index >= 15 is 0 Å². The fraction of sp³-hybridized carbons (Fsp3) is 0.167. The standard InChI is InChI=1S/C24H22BrN3O2/c25-20-8-4-7-19(17-20)23(29)26-21-9-11-22(12-10-21)27-13-15-28(16-14-27)24(30)18-5-2-1-3-6-18/h1-12,17H,13-16H2,(H,26,29). The third kappa shape index (κ3) is 4.71. The summed E-state index contributed by atoms with van der Waals surface area (Å²) in [5, 5.41) is 2.92. The van der Waals surface area contributed by atoms with E-state index in [4.69, 9.17) is 0 Å². The molecule has 152 valence electrons. The van der Waals surface area contributed by atoms with E-state index in [-0.39, 0.29) is 11.8 Å². The number of carbonyl (C=O) groups excluding carboxylic acids is 2. The smallest absolute Gasteiger partial charge is 0.255 e. The van der Waals surface area contributed by atoms with Crippen LogP contribution in [0.15, 0.2) is 83.3 Å². The highest BCUT2D eigenvalue weighted by Crippen LogP contribution is 2.21. The topological polar surface area (TPSA) is 52.7 Å². The molecule has 1 aliphatic heterocycles. The molecule has 1 saturated heterocycles. The first-order valence-corrected chi connectivity index (χ1v) is 10.7. The van der Waals surface area contributed by atoms with Crippen molar-refractivity contribution in [1.29, 1.82) is 0 Å². The largest absolute Gasteiger partial charge is 0.368 e. The summed E-state index contributed by atoms with van der Waals surface area (Å²) in [6.45, 7) is 2.94. The van der Waals surface area contributed by atoms with Crippen LogP contribution in [0.3, 0.4) is 0 Å². The van der Waals surface area contributed by atoms with Crippen LogP contribution in [0, 0.1) is 0 Å². The average molecular weight is 464 g/mol. The first kappa shape index (κ1) is 20.2. The summed E-state index contributed by atoms with van der Waals surface area (Å²) in [7, 11) is 0. The molecular formula is C24H22BrN3O2. The van der Waals surface area contributed by atoms with E-state index in [1.807, 2.05) is 71.6 Å². The van der Waals surface area contributed by atoms with Crippen molar-refractivity contribution >= 4 is 39.1 Å². The van der Waals surface area contributed by atoms with E-state index < -0.39 is 0 Å². The quantitative estimate of drug-likeness (QED) is 0.611. The molecule has 2 amide bonds. The number of benzene rings is 3. The Morgan fingerprint density at radius 3 is 2.10 bits per heavy atom. The minimum atomic E-state index is -0.142. The zero-order valence-corrected chi connectivity index (χ0v) is 18.0. The van der Waals surface area contributed by atoms with Crippen LogP contribution in [-0.4, -0.2) is 42.9 Å². The molecule has 1 heterocycles. The van der Waals surface area contributed by atoms with E-state index in [2.05, 4.69) is 26.1 Å². The second-order valence-electron chi connectivity index (χ2n) is 7.16. The number of anilines is 2. The van der Waals surface area contributed by atoms with Gasteiger partial charge in [-0.3, -0.25) is 9.59 Å². The molecule has 3 aromatic carbocycles. The number of nitrogens with one attached hydrogen (secondary N) is 1. The van der Waals surface area contributed by atoms with Gasteiger partial charge in [0.1, 0.15) is 0 Å². The number of halogens is 1. The first-order valence-electron chi connectivity index (χ1n) is 9.86. The molecule has 30 heavy (non-hydrogen) atoms. The fourth-order valence-electron chi connectivity index (χ4n) is 3.52. The lowest BCUT2D eigenvalue weighted by molar-refractivity contribution is 0.0746. The molecule has 0 atom stereocenters. The summed E-state index contributed by atoms with van der Waals surface area (Å²) in [6, 6.07) is 24.5. The van der Waals surface area contributed by atoms with Gasteiger partial charge >= 0.3 is 0 Å². The lowest BCUT2D eigenvalue weighted by atomic mass is 10.1. The molecule has 0 unspecified atom stereocenters. The van der Waals surface area contributed by atoms with Crippen LogP contribution in [0.25, 0.3) is 0 Å². The Morgan fingerprint density at radius 2 is 1.43 bits per heavy atom. The predicted molar refractivity (Wildman–Crippen MR) is 123 cm³/mol. The molecule has 4 rings (SSSR count). The summed E-state index contributed by atoms with van der Waals surface area (Å²) in [5.74, 6) is -0.0575. The van der Waals surface area contributed by atoms with E-state index in [1.54, 1.807) is 12.1 Å². The number of hydrogen-bond acceptors (Lipinski definition) is 3. The Morgan fingerprint density at radius 1 is 0.767 bits per heavy atom. The molecule has 1 aliphatic rings. The Bertz CT molecular complexity index is 1030. The van der Waals surface area contributed by atoms with Crippen LogP contribution in [0.2, 0.25) is 0 Å². The van der Waals surface area contributed by atoms with Gasteiger partial charge in [-0.1, -0.05) is 40.2 Å². The number of nitrogens with zero attached hydrogens (tertiary/aromatic N) is 2. The number of piperazine rings is 1. The molecule has 0 bridgehead atoms. The third-order valence-electron chi connectivity index (χ3n) is 5.16. The number of amides is 2. The number of hydrogen-bond donors (Lipinski definition) is 1. The van der Waals surface area contributed by atoms with Crippen molar-refractivity contribution in [2.75, 3.05) is 36.4 Å². The molecule has 0 aromatic heterocycles. The highest BCUT2D eigenvalue weighted by atomic mass is 79.9. The van der Waals surface area contributed by atoms with Crippen LogP contribution >= 0.6 is 15.9 Å². The van der Waals surface area contributed by atoms with Gasteiger partial charge in [-0.25, -0.2) is 0 Å². The highest BCUT2D eigenvalue weighted by molar-refractivity contribution is 9.10. The minimum Gasteiger partial charge on any atom is -0.368 e. The molecule has 5 nitrogen and oxygen atoms in total. The molecule has 6 heteroatoms. The van der Waals surface area contributed by atoms with Crippen LogP contribution in [-0.2, 0) is 0 Å². The van der Waals surface area contributed by atoms with Crippen molar-refractivity contribution in [2.24, 2.45) is 0 Å². The molecule has 0 radical (unpaired) electrons. The van der Waals surface area contributed by atoms with E-state index in [0.717, 1.165) is 34.5 Å². The third-order valence-corrected chi connectivity index (χ3v) is 5.66. The molecule has 0 spiro atoms. The maximum atomic E-state index is 12.6. The van der Waals surface area contributed by atoms with Gasteiger partial charge in [0, 0.05) is 53.2 Å². The van der Waals surface area contributed by atoms with Gasteiger partial charge in [-0.2, -0.15) is 0 Å². The highest BCUT2D eigenvalue weighted by Gasteiger charge is 2.22. The molecule has 1 fully saturated rings. The van der Waals surface area contributed by atoms with Crippen molar-refractivity contribution in [3.05, 3.63) is 94.5 Å². The van der Waals surface area contributed by atoms with Gasteiger partial charge in [-0.05, 0) is 54.6 Å². The first-order chi connectivity index (χ1) is 14.6. The number of rotatable bonds is 4. The Kier molecular flexibility index (Phi) is 6.14. The second-order valence-corrected chi connectivity index (χ2v) is 8.07. The van der Waals surface area contributed by atoms with Gasteiger partial charge in [0.05, 0.1) is 0 Å². The lowest BCUT2D eigenvalue weighted by Crippen LogP contribution is -2.48. The van der Waals surface area contributed by atoms with Gasteiger partial charge in [-0.15, -0.1) is 0 Å². The normalized spacial score (nSPS) is 13.8. The van der Waals surface area contributed by atoms with Crippen LogP contribution in [0.1, 0.15) is 20.7 Å². The van der Waals surface area contributed by atoms with Crippen molar-refractivity contribution < 1.29 is 9.59 Å². The summed E-state index contributed by atoms with van der Waals surface area (Å²) in [6.07, 6.45) is 0. The van der Waals surface area contributed by atoms with E-state index in [0.29, 0.717) is 18.7 Å². The van der Waals surface area contributed by atoms with Crippen LogP contribution in [0.5, 0.6) is 0 Å². The molecule has 0 saturated carbocycles. The van der Waals surface area contributed by atoms with Crippen LogP contribution in [0.4, 0.5) is 11.4 Å². The Balaban J connectivity index is 1.34. The van der Waals surface area contributed by atoms with Gasteiger partial charge in [0.2, 0.25) is 0 Å². The summed E-state index contributed by atoms with van der Waals surface area (Å²) >= 11 is 3.39. The second kappa shape index (κ2) is 9.13. The summed E-state index contributed by atoms with van der Waals surface area (Å²) < 4.78 is 0.871. The fourth-order valence-corrected chi connectivity index (χ4v) is 3.92. The van der Waals surface area contributed by atoms with Gasteiger partial charge in [0.15, 0.2) is 0 Å². The number of carbonyl (C=O) groups is 2.